The van der Waals surface area contributed by atoms with Crippen LogP contribution in [0.2, 0.25) is 0 Å². The number of nitrogens with one attached hydrogen (secondary N) is 1. The number of carbonyl (C=O) groups is 1. The van der Waals surface area contributed by atoms with Crippen LogP contribution in [0.4, 0.5) is 0 Å². The number of rotatable bonds is 6. The molecule has 150 valence electrons. The maximum atomic E-state index is 12.4. The summed E-state index contributed by atoms with van der Waals surface area (Å²) in [5.41, 5.74) is 3.42. The van der Waals surface area contributed by atoms with E-state index in [0.29, 0.717) is 25.0 Å². The molecule has 5 nitrogen and oxygen atoms in total. The number of fused-ring (bicyclic) bond motifs is 1. The molecular weight excluding hydrogens is 430 g/mol. The summed E-state index contributed by atoms with van der Waals surface area (Å²) in [7, 11) is 0. The normalized spacial score (nSPS) is 14.4. The van der Waals surface area contributed by atoms with Crippen molar-refractivity contribution in [3.8, 4) is 5.75 Å². The number of aromatic nitrogens is 1. The highest BCUT2D eigenvalue weighted by molar-refractivity contribution is 9.10. The van der Waals surface area contributed by atoms with E-state index in [1.54, 1.807) is 6.20 Å². The molecule has 0 spiro atoms. The predicted molar refractivity (Wildman–Crippen MR) is 118 cm³/mol. The fraction of sp³-hybridized carbons (Fsp3) is 0.304. The molecule has 1 saturated heterocycles. The third-order valence-electron chi connectivity index (χ3n) is 5.38. The van der Waals surface area contributed by atoms with Gasteiger partial charge in [0, 0.05) is 34.7 Å². The summed E-state index contributed by atoms with van der Waals surface area (Å²) in [6.07, 6.45) is 4.43. The molecule has 0 unspecified atom stereocenters. The number of likely N-dealkylation sites (tertiary alicyclic amines) is 1. The number of hydrogen-bond donors (Lipinski definition) is 2. The first-order valence-electron chi connectivity index (χ1n) is 9.92. The van der Waals surface area contributed by atoms with E-state index in [2.05, 4.69) is 31.1 Å². The lowest BCUT2D eigenvalue weighted by Gasteiger charge is -2.18. The minimum absolute atomic E-state index is 0.0291. The minimum Gasteiger partial charge on any atom is -0.505 e. The van der Waals surface area contributed by atoms with Crippen LogP contribution >= 0.6 is 15.9 Å². The van der Waals surface area contributed by atoms with E-state index >= 15 is 0 Å². The standard InChI is InChI=1S/C23H24BrN3O2/c24-19-7-5-16(6-8-19)12-21(28)26-14-17-13-18(15-27-10-1-2-11-27)23(29)22-20(17)4-3-9-25-22/h3-9,13,29H,1-2,10-12,14-15H2,(H,26,28). The largest absolute Gasteiger partial charge is 0.505 e. The van der Waals surface area contributed by atoms with Gasteiger partial charge < -0.3 is 10.4 Å². The van der Waals surface area contributed by atoms with Crippen LogP contribution in [-0.2, 0) is 24.3 Å². The van der Waals surface area contributed by atoms with Gasteiger partial charge in [0.15, 0.2) is 0 Å². The minimum atomic E-state index is -0.0291. The number of carbonyl (C=O) groups excluding carboxylic acids is 1. The molecule has 29 heavy (non-hydrogen) atoms. The average Bonchev–Trinajstić information content (AvgIpc) is 3.24. The Morgan fingerprint density at radius 2 is 1.90 bits per heavy atom. The van der Waals surface area contributed by atoms with Gasteiger partial charge in [-0.3, -0.25) is 14.7 Å². The number of phenols is 1. The van der Waals surface area contributed by atoms with E-state index in [1.165, 1.54) is 12.8 Å². The quantitative estimate of drug-likeness (QED) is 0.587. The van der Waals surface area contributed by atoms with E-state index < -0.39 is 0 Å². The van der Waals surface area contributed by atoms with Gasteiger partial charge in [-0.05, 0) is 61.3 Å². The highest BCUT2D eigenvalue weighted by atomic mass is 79.9. The smallest absolute Gasteiger partial charge is 0.224 e. The average molecular weight is 454 g/mol. The molecule has 0 saturated carbocycles. The SMILES string of the molecule is O=C(Cc1ccc(Br)cc1)NCc1cc(CN2CCCC2)c(O)c2ncccc12. The highest BCUT2D eigenvalue weighted by Gasteiger charge is 2.18. The number of phenolic OH excluding ortho intramolecular Hbond substituents is 1. The Morgan fingerprint density at radius 1 is 1.14 bits per heavy atom. The van der Waals surface area contributed by atoms with Gasteiger partial charge in [-0.2, -0.15) is 0 Å². The molecule has 2 heterocycles. The summed E-state index contributed by atoms with van der Waals surface area (Å²) in [6, 6.07) is 13.6. The van der Waals surface area contributed by atoms with Gasteiger partial charge in [-0.15, -0.1) is 0 Å². The van der Waals surface area contributed by atoms with Crippen LogP contribution in [-0.4, -0.2) is 34.0 Å². The van der Waals surface area contributed by atoms with Crippen LogP contribution in [0, 0.1) is 0 Å². The molecule has 1 amide bonds. The Labute approximate surface area is 178 Å². The summed E-state index contributed by atoms with van der Waals surface area (Å²) in [5, 5.41) is 14.6. The van der Waals surface area contributed by atoms with Gasteiger partial charge in [0.25, 0.3) is 0 Å². The van der Waals surface area contributed by atoms with E-state index in [1.807, 2.05) is 42.5 Å². The summed E-state index contributed by atoms with van der Waals surface area (Å²) in [6.45, 7) is 3.22. The highest BCUT2D eigenvalue weighted by Crippen LogP contribution is 2.31. The second-order valence-corrected chi connectivity index (χ2v) is 8.42. The fourth-order valence-corrected chi connectivity index (χ4v) is 4.12. The molecule has 1 aromatic heterocycles. The van der Waals surface area contributed by atoms with Crippen molar-refractivity contribution in [2.45, 2.75) is 32.4 Å². The maximum absolute atomic E-state index is 12.4. The molecule has 2 N–H and O–H groups in total. The molecule has 4 rings (SSSR count). The van der Waals surface area contributed by atoms with Crippen LogP contribution in [0.25, 0.3) is 10.9 Å². The number of aromatic hydroxyl groups is 1. The summed E-state index contributed by atoms with van der Waals surface area (Å²) >= 11 is 3.41. The molecule has 6 heteroatoms. The van der Waals surface area contributed by atoms with E-state index in [-0.39, 0.29) is 11.7 Å². The molecule has 1 aliphatic heterocycles. The van der Waals surface area contributed by atoms with E-state index in [0.717, 1.165) is 39.6 Å². The van der Waals surface area contributed by atoms with Crippen molar-refractivity contribution in [3.63, 3.8) is 0 Å². The third kappa shape index (κ3) is 4.77. The number of hydrogen-bond acceptors (Lipinski definition) is 4. The topological polar surface area (TPSA) is 65.5 Å². The van der Waals surface area contributed by atoms with Crippen molar-refractivity contribution >= 4 is 32.7 Å². The first kappa shape index (κ1) is 19.9. The predicted octanol–water partition coefficient (Wildman–Crippen LogP) is 4.16. The number of halogens is 1. The van der Waals surface area contributed by atoms with Crippen molar-refractivity contribution in [2.24, 2.45) is 0 Å². The Bertz CT molecular complexity index is 1010. The van der Waals surface area contributed by atoms with Crippen molar-refractivity contribution in [2.75, 3.05) is 13.1 Å². The number of benzene rings is 2. The zero-order chi connectivity index (χ0) is 20.2. The van der Waals surface area contributed by atoms with Gasteiger partial charge >= 0.3 is 0 Å². The van der Waals surface area contributed by atoms with Gasteiger partial charge in [-0.1, -0.05) is 34.1 Å². The second kappa shape index (κ2) is 8.93. The lowest BCUT2D eigenvalue weighted by atomic mass is 10.0. The van der Waals surface area contributed by atoms with Crippen molar-refractivity contribution in [1.82, 2.24) is 15.2 Å². The number of pyridine rings is 1. The van der Waals surface area contributed by atoms with Gasteiger partial charge in [0.05, 0.1) is 6.42 Å². The van der Waals surface area contributed by atoms with Gasteiger partial charge in [0.1, 0.15) is 11.3 Å². The van der Waals surface area contributed by atoms with Gasteiger partial charge in [0.2, 0.25) is 5.91 Å². The first-order valence-corrected chi connectivity index (χ1v) is 10.7. The summed E-state index contributed by atoms with van der Waals surface area (Å²) in [4.78, 5) is 19.2. The zero-order valence-electron chi connectivity index (χ0n) is 16.2. The van der Waals surface area contributed by atoms with Crippen LogP contribution in [0.1, 0.15) is 29.5 Å². The van der Waals surface area contributed by atoms with E-state index in [9.17, 15) is 9.90 Å². The Hall–Kier alpha value is -2.44. The molecule has 2 aromatic carbocycles. The molecule has 1 fully saturated rings. The lowest BCUT2D eigenvalue weighted by Crippen LogP contribution is -2.25. The van der Waals surface area contributed by atoms with Crippen LogP contribution in [0.3, 0.4) is 0 Å². The number of nitrogens with zero attached hydrogens (tertiary/aromatic N) is 2. The molecule has 0 radical (unpaired) electrons. The molecule has 0 atom stereocenters. The Balaban J connectivity index is 1.53. The summed E-state index contributed by atoms with van der Waals surface area (Å²) < 4.78 is 0.996. The zero-order valence-corrected chi connectivity index (χ0v) is 17.8. The fourth-order valence-electron chi connectivity index (χ4n) is 3.85. The van der Waals surface area contributed by atoms with Crippen molar-refractivity contribution in [1.29, 1.82) is 0 Å². The second-order valence-electron chi connectivity index (χ2n) is 7.51. The molecule has 0 bridgehead atoms. The number of amides is 1. The Morgan fingerprint density at radius 3 is 2.66 bits per heavy atom. The molecule has 1 aliphatic rings. The lowest BCUT2D eigenvalue weighted by molar-refractivity contribution is -0.120. The summed E-state index contributed by atoms with van der Waals surface area (Å²) in [5.74, 6) is 0.218. The molecule has 3 aromatic rings. The maximum Gasteiger partial charge on any atom is 0.224 e. The molecule has 0 aliphatic carbocycles. The Kier molecular flexibility index (Phi) is 6.11. The monoisotopic (exact) mass is 453 g/mol. The third-order valence-corrected chi connectivity index (χ3v) is 5.91. The van der Waals surface area contributed by atoms with Crippen molar-refractivity contribution < 1.29 is 9.90 Å². The van der Waals surface area contributed by atoms with E-state index in [4.69, 9.17) is 0 Å². The molecular formula is C23H24BrN3O2. The van der Waals surface area contributed by atoms with Crippen molar-refractivity contribution in [3.05, 3.63) is 69.8 Å². The van der Waals surface area contributed by atoms with Crippen LogP contribution < -0.4 is 5.32 Å². The van der Waals surface area contributed by atoms with Gasteiger partial charge in [-0.25, -0.2) is 0 Å². The van der Waals surface area contributed by atoms with Crippen LogP contribution in [0.5, 0.6) is 5.75 Å². The van der Waals surface area contributed by atoms with Crippen LogP contribution in [0.15, 0.2) is 53.1 Å². The first-order chi connectivity index (χ1) is 14.1.